The highest BCUT2D eigenvalue weighted by molar-refractivity contribution is 5.30. The van der Waals surface area contributed by atoms with Gasteiger partial charge in [-0.3, -0.25) is 4.68 Å². The molecule has 2 atom stereocenters. The van der Waals surface area contributed by atoms with E-state index in [0.29, 0.717) is 0 Å². The van der Waals surface area contributed by atoms with Gasteiger partial charge in [-0.15, -0.1) is 0 Å². The minimum atomic E-state index is 0.250. The van der Waals surface area contributed by atoms with Gasteiger partial charge in [-0.25, -0.2) is 0 Å². The van der Waals surface area contributed by atoms with Crippen LogP contribution in [0.5, 0.6) is 5.75 Å². The molecule has 0 saturated carbocycles. The van der Waals surface area contributed by atoms with Crippen LogP contribution >= 0.6 is 0 Å². The van der Waals surface area contributed by atoms with E-state index in [0.717, 1.165) is 11.4 Å². The third-order valence-electron chi connectivity index (χ3n) is 3.61. The van der Waals surface area contributed by atoms with Crippen molar-refractivity contribution in [2.45, 2.75) is 32.9 Å². The number of aromatic nitrogens is 2. The number of methoxy groups -OCH3 is 1. The Morgan fingerprint density at radius 2 is 2.00 bits per heavy atom. The summed E-state index contributed by atoms with van der Waals surface area (Å²) in [7, 11) is 3.65. The predicted molar refractivity (Wildman–Crippen MR) is 80.9 cm³/mol. The van der Waals surface area contributed by atoms with Crippen LogP contribution in [0.25, 0.3) is 0 Å². The van der Waals surface area contributed by atoms with E-state index in [1.54, 1.807) is 7.11 Å². The smallest absolute Gasteiger partial charge is 0.119 e. The van der Waals surface area contributed by atoms with Crippen molar-refractivity contribution in [2.75, 3.05) is 7.11 Å². The largest absolute Gasteiger partial charge is 0.497 e. The second-order valence-electron chi connectivity index (χ2n) is 5.23. The molecule has 0 bridgehead atoms. The SMILES string of the molecule is COc1cccc([C@@H](C)NC(C)c2cn(C)nc2C)c1. The topological polar surface area (TPSA) is 39.1 Å². The molecule has 4 heteroatoms. The first-order valence-corrected chi connectivity index (χ1v) is 6.91. The number of hydrogen-bond acceptors (Lipinski definition) is 3. The summed E-state index contributed by atoms with van der Waals surface area (Å²) in [5.74, 6) is 0.890. The Hall–Kier alpha value is -1.81. The maximum atomic E-state index is 5.28. The van der Waals surface area contributed by atoms with Crippen LogP contribution in [0.15, 0.2) is 30.5 Å². The van der Waals surface area contributed by atoms with Gasteiger partial charge in [0.15, 0.2) is 0 Å². The zero-order valence-corrected chi connectivity index (χ0v) is 12.8. The van der Waals surface area contributed by atoms with Crippen molar-refractivity contribution in [1.29, 1.82) is 0 Å². The van der Waals surface area contributed by atoms with Gasteiger partial charge in [-0.2, -0.15) is 5.10 Å². The molecule has 0 aliphatic heterocycles. The van der Waals surface area contributed by atoms with Crippen LogP contribution in [0.1, 0.15) is 42.8 Å². The summed E-state index contributed by atoms with van der Waals surface area (Å²) in [4.78, 5) is 0. The summed E-state index contributed by atoms with van der Waals surface area (Å²) < 4.78 is 7.14. The van der Waals surface area contributed by atoms with Gasteiger partial charge in [0, 0.05) is 30.9 Å². The molecule has 0 saturated heterocycles. The number of nitrogens with one attached hydrogen (secondary N) is 1. The molecule has 2 rings (SSSR count). The molecule has 108 valence electrons. The lowest BCUT2D eigenvalue weighted by Crippen LogP contribution is -2.22. The van der Waals surface area contributed by atoms with Crippen LogP contribution in [0.3, 0.4) is 0 Å². The number of hydrogen-bond donors (Lipinski definition) is 1. The van der Waals surface area contributed by atoms with Crippen LogP contribution in [-0.4, -0.2) is 16.9 Å². The summed E-state index contributed by atoms with van der Waals surface area (Å²) in [5.41, 5.74) is 3.53. The molecule has 0 radical (unpaired) electrons. The Balaban J connectivity index is 2.10. The van der Waals surface area contributed by atoms with Crippen molar-refractivity contribution in [1.82, 2.24) is 15.1 Å². The number of rotatable bonds is 5. The maximum Gasteiger partial charge on any atom is 0.119 e. The van der Waals surface area contributed by atoms with Gasteiger partial charge in [-0.05, 0) is 38.5 Å². The fourth-order valence-corrected chi connectivity index (χ4v) is 2.51. The highest BCUT2D eigenvalue weighted by atomic mass is 16.5. The molecule has 1 aromatic heterocycles. The van der Waals surface area contributed by atoms with E-state index in [4.69, 9.17) is 4.74 Å². The van der Waals surface area contributed by atoms with E-state index in [1.807, 2.05) is 30.8 Å². The average Bonchev–Trinajstić information content (AvgIpc) is 2.77. The lowest BCUT2D eigenvalue weighted by Gasteiger charge is -2.20. The van der Waals surface area contributed by atoms with Gasteiger partial charge in [0.1, 0.15) is 5.75 Å². The molecular formula is C16H23N3O. The highest BCUT2D eigenvalue weighted by Crippen LogP contribution is 2.23. The van der Waals surface area contributed by atoms with Crippen molar-refractivity contribution in [3.05, 3.63) is 47.3 Å². The Morgan fingerprint density at radius 1 is 1.25 bits per heavy atom. The van der Waals surface area contributed by atoms with Crippen molar-refractivity contribution in [3.8, 4) is 5.75 Å². The van der Waals surface area contributed by atoms with Gasteiger partial charge in [0.2, 0.25) is 0 Å². The fraction of sp³-hybridized carbons (Fsp3) is 0.438. The summed E-state index contributed by atoms with van der Waals surface area (Å²) >= 11 is 0. The van der Waals surface area contributed by atoms with Crippen LogP contribution in [0, 0.1) is 6.92 Å². The van der Waals surface area contributed by atoms with Crippen LogP contribution in [0.2, 0.25) is 0 Å². The first-order valence-electron chi connectivity index (χ1n) is 6.91. The van der Waals surface area contributed by atoms with Gasteiger partial charge in [-0.1, -0.05) is 12.1 Å². The van der Waals surface area contributed by atoms with E-state index in [-0.39, 0.29) is 12.1 Å². The molecule has 4 nitrogen and oxygen atoms in total. The standard InChI is InChI=1S/C16H23N3O/c1-11(14-7-6-8-15(9-14)20-5)17-12(2)16-10-19(4)18-13(16)3/h6-12,17H,1-5H3/t11-,12?/m1/s1. The quantitative estimate of drug-likeness (QED) is 0.909. The van der Waals surface area contributed by atoms with Crippen LogP contribution in [0.4, 0.5) is 0 Å². The summed E-state index contributed by atoms with van der Waals surface area (Å²) in [6.07, 6.45) is 2.07. The van der Waals surface area contributed by atoms with Crippen LogP contribution in [-0.2, 0) is 7.05 Å². The monoisotopic (exact) mass is 273 g/mol. The van der Waals surface area contributed by atoms with Crippen molar-refractivity contribution >= 4 is 0 Å². The van der Waals surface area contributed by atoms with E-state index in [2.05, 4.69) is 42.6 Å². The lowest BCUT2D eigenvalue weighted by molar-refractivity contribution is 0.412. The van der Waals surface area contributed by atoms with Crippen LogP contribution < -0.4 is 10.1 Å². The minimum Gasteiger partial charge on any atom is -0.497 e. The zero-order chi connectivity index (χ0) is 14.7. The summed E-state index contributed by atoms with van der Waals surface area (Å²) in [6.45, 7) is 6.38. The molecule has 1 heterocycles. The third-order valence-corrected chi connectivity index (χ3v) is 3.61. The average molecular weight is 273 g/mol. The number of benzene rings is 1. The number of nitrogens with zero attached hydrogens (tertiary/aromatic N) is 2. The number of aryl methyl sites for hydroxylation is 2. The summed E-state index contributed by atoms with van der Waals surface area (Å²) in [5, 5.41) is 8.01. The normalized spacial score (nSPS) is 14.1. The van der Waals surface area contributed by atoms with Crippen molar-refractivity contribution in [2.24, 2.45) is 7.05 Å². The molecule has 20 heavy (non-hydrogen) atoms. The molecule has 1 aromatic carbocycles. The summed E-state index contributed by atoms with van der Waals surface area (Å²) in [6, 6.07) is 8.67. The van der Waals surface area contributed by atoms with E-state index in [1.165, 1.54) is 11.1 Å². The van der Waals surface area contributed by atoms with Gasteiger partial charge in [0.05, 0.1) is 12.8 Å². The third kappa shape index (κ3) is 3.20. The molecular weight excluding hydrogens is 250 g/mol. The van der Waals surface area contributed by atoms with E-state index >= 15 is 0 Å². The molecule has 1 N–H and O–H groups in total. The van der Waals surface area contributed by atoms with Gasteiger partial charge >= 0.3 is 0 Å². The van der Waals surface area contributed by atoms with E-state index < -0.39 is 0 Å². The predicted octanol–water partition coefficient (Wildman–Crippen LogP) is 3.15. The second kappa shape index (κ2) is 6.09. The van der Waals surface area contributed by atoms with E-state index in [9.17, 15) is 0 Å². The second-order valence-corrected chi connectivity index (χ2v) is 5.23. The first-order chi connectivity index (χ1) is 9.51. The molecule has 1 unspecified atom stereocenters. The Kier molecular flexibility index (Phi) is 4.45. The Labute approximate surface area is 120 Å². The lowest BCUT2D eigenvalue weighted by atomic mass is 10.0. The Bertz CT molecular complexity index is 577. The molecule has 0 aliphatic carbocycles. The molecule has 2 aromatic rings. The zero-order valence-electron chi connectivity index (χ0n) is 12.8. The molecule has 0 spiro atoms. The van der Waals surface area contributed by atoms with Crippen molar-refractivity contribution < 1.29 is 4.74 Å². The van der Waals surface area contributed by atoms with Gasteiger partial charge < -0.3 is 10.1 Å². The van der Waals surface area contributed by atoms with Crippen molar-refractivity contribution in [3.63, 3.8) is 0 Å². The number of ether oxygens (including phenoxy) is 1. The maximum absolute atomic E-state index is 5.28. The first kappa shape index (κ1) is 14.6. The Morgan fingerprint density at radius 3 is 2.60 bits per heavy atom. The fourth-order valence-electron chi connectivity index (χ4n) is 2.51. The highest BCUT2D eigenvalue weighted by Gasteiger charge is 2.15. The molecule has 0 aliphatic rings. The molecule has 0 amide bonds. The minimum absolute atomic E-state index is 0.250. The van der Waals surface area contributed by atoms with Gasteiger partial charge in [0.25, 0.3) is 0 Å². The molecule has 0 fully saturated rings.